The molecule has 1 aliphatic heterocycles. The van der Waals surface area contributed by atoms with Gasteiger partial charge in [0.2, 0.25) is 5.91 Å². The maximum absolute atomic E-state index is 11.2. The van der Waals surface area contributed by atoms with E-state index in [2.05, 4.69) is 12.7 Å². The fourth-order valence-corrected chi connectivity index (χ4v) is 1.41. The fourth-order valence-electron chi connectivity index (χ4n) is 1.41. The van der Waals surface area contributed by atoms with Crippen LogP contribution in [0.2, 0.25) is 0 Å². The number of carbonyl (C=O) groups is 1. The molecular formula is C11H17NO. The molecule has 0 atom stereocenters. The summed E-state index contributed by atoms with van der Waals surface area (Å²) in [5.74, 6) is 0.264. The average Bonchev–Trinajstić information content (AvgIpc) is 2.52. The van der Waals surface area contributed by atoms with Gasteiger partial charge in [0.25, 0.3) is 0 Å². The SMILES string of the molecule is C=CCCCC=CN1CCCC1=O. The number of unbranched alkanes of at least 4 members (excludes halogenated alkanes) is 2. The number of carbonyl (C=O) groups excluding carboxylic acids is 1. The largest absolute Gasteiger partial charge is 0.319 e. The summed E-state index contributed by atoms with van der Waals surface area (Å²) in [5.41, 5.74) is 0. The maximum atomic E-state index is 11.2. The van der Waals surface area contributed by atoms with E-state index in [-0.39, 0.29) is 5.91 Å². The lowest BCUT2D eigenvalue weighted by Crippen LogP contribution is -2.17. The Morgan fingerprint density at radius 1 is 1.46 bits per heavy atom. The molecule has 0 aliphatic carbocycles. The summed E-state index contributed by atoms with van der Waals surface area (Å²) in [7, 11) is 0. The Balaban J connectivity index is 2.15. The van der Waals surface area contributed by atoms with E-state index >= 15 is 0 Å². The summed E-state index contributed by atoms with van der Waals surface area (Å²) in [5, 5.41) is 0. The molecule has 2 nitrogen and oxygen atoms in total. The van der Waals surface area contributed by atoms with Crippen molar-refractivity contribution in [3.8, 4) is 0 Å². The molecule has 1 fully saturated rings. The molecule has 0 spiro atoms. The van der Waals surface area contributed by atoms with Gasteiger partial charge in [-0.1, -0.05) is 12.2 Å². The Labute approximate surface area is 79.9 Å². The quantitative estimate of drug-likeness (QED) is 0.469. The normalized spacial score (nSPS) is 17.2. The molecule has 0 aromatic rings. The smallest absolute Gasteiger partial charge is 0.226 e. The maximum Gasteiger partial charge on any atom is 0.226 e. The second kappa shape index (κ2) is 5.57. The van der Waals surface area contributed by atoms with Crippen LogP contribution in [0.25, 0.3) is 0 Å². The Kier molecular flexibility index (Phi) is 4.30. The molecular weight excluding hydrogens is 162 g/mol. The van der Waals surface area contributed by atoms with Crippen LogP contribution in [0.4, 0.5) is 0 Å². The monoisotopic (exact) mass is 179 g/mol. The van der Waals surface area contributed by atoms with Crippen molar-refractivity contribution in [1.29, 1.82) is 0 Å². The third-order valence-electron chi connectivity index (χ3n) is 2.17. The second-order valence-corrected chi connectivity index (χ2v) is 3.30. The number of hydrogen-bond donors (Lipinski definition) is 0. The average molecular weight is 179 g/mol. The summed E-state index contributed by atoms with van der Waals surface area (Å²) >= 11 is 0. The van der Waals surface area contributed by atoms with E-state index in [1.807, 2.05) is 17.2 Å². The van der Waals surface area contributed by atoms with E-state index < -0.39 is 0 Å². The van der Waals surface area contributed by atoms with Gasteiger partial charge < -0.3 is 4.90 Å². The van der Waals surface area contributed by atoms with Gasteiger partial charge >= 0.3 is 0 Å². The first kappa shape index (κ1) is 10.0. The highest BCUT2D eigenvalue weighted by Gasteiger charge is 2.16. The lowest BCUT2D eigenvalue weighted by molar-refractivity contribution is -0.125. The Morgan fingerprint density at radius 3 is 2.92 bits per heavy atom. The minimum atomic E-state index is 0.264. The van der Waals surface area contributed by atoms with Crippen molar-refractivity contribution in [3.05, 3.63) is 24.9 Å². The molecule has 0 unspecified atom stereocenters. The number of likely N-dealkylation sites (tertiary alicyclic amines) is 1. The molecule has 0 bridgehead atoms. The van der Waals surface area contributed by atoms with Crippen LogP contribution < -0.4 is 0 Å². The Bertz CT molecular complexity index is 208. The molecule has 0 aromatic heterocycles. The van der Waals surface area contributed by atoms with Crippen LogP contribution in [-0.4, -0.2) is 17.4 Å². The van der Waals surface area contributed by atoms with Gasteiger partial charge in [-0.05, 0) is 25.7 Å². The molecule has 0 saturated carbocycles. The fraction of sp³-hybridized carbons (Fsp3) is 0.545. The van der Waals surface area contributed by atoms with E-state index in [0.717, 1.165) is 38.6 Å². The van der Waals surface area contributed by atoms with Gasteiger partial charge in [0.05, 0.1) is 0 Å². The number of amides is 1. The first-order valence-corrected chi connectivity index (χ1v) is 4.91. The standard InChI is InChI=1S/C11H17NO/c1-2-3-4-5-6-9-12-10-7-8-11(12)13/h2,6,9H,1,3-5,7-8,10H2. The predicted octanol–water partition coefficient (Wildman–Crippen LogP) is 2.48. The van der Waals surface area contributed by atoms with Crippen LogP contribution in [0, 0.1) is 0 Å². The van der Waals surface area contributed by atoms with E-state index in [1.54, 1.807) is 0 Å². The molecule has 0 N–H and O–H groups in total. The molecule has 0 radical (unpaired) electrons. The van der Waals surface area contributed by atoms with Crippen molar-refractivity contribution in [2.45, 2.75) is 32.1 Å². The van der Waals surface area contributed by atoms with Crippen LogP contribution in [0.3, 0.4) is 0 Å². The summed E-state index contributed by atoms with van der Waals surface area (Å²) in [6.07, 6.45) is 10.9. The van der Waals surface area contributed by atoms with E-state index in [4.69, 9.17) is 0 Å². The van der Waals surface area contributed by atoms with Crippen LogP contribution in [-0.2, 0) is 4.79 Å². The zero-order chi connectivity index (χ0) is 9.52. The second-order valence-electron chi connectivity index (χ2n) is 3.30. The van der Waals surface area contributed by atoms with Gasteiger partial charge in [0.1, 0.15) is 0 Å². The molecule has 1 amide bonds. The highest BCUT2D eigenvalue weighted by molar-refractivity contribution is 5.79. The van der Waals surface area contributed by atoms with Gasteiger partial charge in [-0.3, -0.25) is 4.79 Å². The van der Waals surface area contributed by atoms with Crippen LogP contribution in [0.5, 0.6) is 0 Å². The molecule has 2 heteroatoms. The first-order chi connectivity index (χ1) is 6.34. The lowest BCUT2D eigenvalue weighted by atomic mass is 10.2. The van der Waals surface area contributed by atoms with Crippen LogP contribution >= 0.6 is 0 Å². The van der Waals surface area contributed by atoms with Crippen molar-refractivity contribution in [1.82, 2.24) is 4.90 Å². The van der Waals surface area contributed by atoms with Gasteiger partial charge in [-0.2, -0.15) is 0 Å². The number of allylic oxidation sites excluding steroid dienone is 2. The highest BCUT2D eigenvalue weighted by atomic mass is 16.2. The number of nitrogens with zero attached hydrogens (tertiary/aromatic N) is 1. The number of rotatable bonds is 5. The molecule has 72 valence electrons. The number of hydrogen-bond acceptors (Lipinski definition) is 1. The summed E-state index contributed by atoms with van der Waals surface area (Å²) < 4.78 is 0. The molecule has 1 saturated heterocycles. The van der Waals surface area contributed by atoms with E-state index in [9.17, 15) is 4.79 Å². The summed E-state index contributed by atoms with van der Waals surface area (Å²) in [6.45, 7) is 4.56. The molecule has 0 aromatic carbocycles. The van der Waals surface area contributed by atoms with E-state index in [0.29, 0.717) is 0 Å². The topological polar surface area (TPSA) is 20.3 Å². The summed E-state index contributed by atoms with van der Waals surface area (Å²) in [4.78, 5) is 13.0. The third kappa shape index (κ3) is 3.45. The van der Waals surface area contributed by atoms with Crippen molar-refractivity contribution in [2.75, 3.05) is 6.54 Å². The predicted molar refractivity (Wildman–Crippen MR) is 54.1 cm³/mol. The molecule has 1 heterocycles. The zero-order valence-corrected chi connectivity index (χ0v) is 8.04. The lowest BCUT2D eigenvalue weighted by Gasteiger charge is -2.07. The van der Waals surface area contributed by atoms with Crippen molar-refractivity contribution in [2.24, 2.45) is 0 Å². The summed E-state index contributed by atoms with van der Waals surface area (Å²) in [6, 6.07) is 0. The Morgan fingerprint density at radius 2 is 2.31 bits per heavy atom. The van der Waals surface area contributed by atoms with Gasteiger partial charge in [0.15, 0.2) is 0 Å². The van der Waals surface area contributed by atoms with Gasteiger partial charge in [0, 0.05) is 19.2 Å². The zero-order valence-electron chi connectivity index (χ0n) is 8.04. The molecule has 13 heavy (non-hydrogen) atoms. The van der Waals surface area contributed by atoms with Crippen molar-refractivity contribution < 1.29 is 4.79 Å². The van der Waals surface area contributed by atoms with Crippen molar-refractivity contribution >= 4 is 5.91 Å². The minimum absolute atomic E-state index is 0.264. The van der Waals surface area contributed by atoms with Gasteiger partial charge in [-0.15, -0.1) is 6.58 Å². The highest BCUT2D eigenvalue weighted by Crippen LogP contribution is 2.10. The van der Waals surface area contributed by atoms with E-state index in [1.165, 1.54) is 0 Å². The molecule has 1 rings (SSSR count). The Hall–Kier alpha value is -1.05. The van der Waals surface area contributed by atoms with Crippen molar-refractivity contribution in [3.63, 3.8) is 0 Å². The first-order valence-electron chi connectivity index (χ1n) is 4.91. The molecule has 1 aliphatic rings. The minimum Gasteiger partial charge on any atom is -0.319 e. The van der Waals surface area contributed by atoms with Gasteiger partial charge in [-0.25, -0.2) is 0 Å². The van der Waals surface area contributed by atoms with Crippen LogP contribution in [0.1, 0.15) is 32.1 Å². The third-order valence-corrected chi connectivity index (χ3v) is 2.17. The van der Waals surface area contributed by atoms with Crippen LogP contribution in [0.15, 0.2) is 24.9 Å².